The van der Waals surface area contributed by atoms with Crippen LogP contribution >= 0.6 is 23.2 Å². The van der Waals surface area contributed by atoms with E-state index in [0.29, 0.717) is 15.4 Å². The first-order valence-corrected chi connectivity index (χ1v) is 8.98. The molecule has 3 aromatic rings. The monoisotopic (exact) mass is 419 g/mol. The molecule has 0 aliphatic rings. The van der Waals surface area contributed by atoms with Crippen LogP contribution in [0.15, 0.2) is 57.7 Å². The lowest BCUT2D eigenvalue weighted by molar-refractivity contribution is -0.133. The van der Waals surface area contributed by atoms with Crippen molar-refractivity contribution < 1.29 is 18.7 Å². The van der Waals surface area contributed by atoms with E-state index in [4.69, 9.17) is 32.4 Å². The van der Waals surface area contributed by atoms with E-state index in [1.54, 1.807) is 49.5 Å². The smallest absolute Gasteiger partial charge is 0.374 e. The van der Waals surface area contributed by atoms with Gasteiger partial charge in [0, 0.05) is 19.7 Å². The second-order valence-electron chi connectivity index (χ2n) is 6.05. The van der Waals surface area contributed by atoms with E-state index in [9.17, 15) is 14.4 Å². The van der Waals surface area contributed by atoms with Crippen LogP contribution in [0.4, 0.5) is 0 Å². The SMILES string of the molecule is CN(Cc1ccc(Cl)c(Cl)c1)C(=O)COC(=O)c1cc(=O)c2ccccc2o1. The van der Waals surface area contributed by atoms with Crippen molar-refractivity contribution in [2.45, 2.75) is 6.54 Å². The van der Waals surface area contributed by atoms with Crippen LogP contribution in [0.1, 0.15) is 16.1 Å². The van der Waals surface area contributed by atoms with Crippen molar-refractivity contribution in [1.29, 1.82) is 0 Å². The third-order valence-corrected chi connectivity index (χ3v) is 4.73. The third-order valence-electron chi connectivity index (χ3n) is 3.99. The zero-order valence-electron chi connectivity index (χ0n) is 14.8. The van der Waals surface area contributed by atoms with Gasteiger partial charge in [0.05, 0.1) is 15.4 Å². The molecule has 3 rings (SSSR count). The fourth-order valence-electron chi connectivity index (χ4n) is 2.51. The van der Waals surface area contributed by atoms with Crippen LogP contribution in [-0.2, 0) is 16.1 Å². The Morgan fingerprint density at radius 3 is 2.57 bits per heavy atom. The molecule has 0 bridgehead atoms. The van der Waals surface area contributed by atoms with Gasteiger partial charge in [0.2, 0.25) is 5.76 Å². The molecule has 28 heavy (non-hydrogen) atoms. The van der Waals surface area contributed by atoms with Crippen LogP contribution in [0, 0.1) is 0 Å². The molecule has 0 unspecified atom stereocenters. The van der Waals surface area contributed by atoms with Crippen molar-refractivity contribution >= 4 is 46.0 Å². The maximum atomic E-state index is 12.2. The Labute approximate surface area is 170 Å². The molecule has 0 radical (unpaired) electrons. The van der Waals surface area contributed by atoms with Gasteiger partial charge in [0.1, 0.15) is 5.58 Å². The number of carbonyl (C=O) groups excluding carboxylic acids is 2. The quantitative estimate of drug-likeness (QED) is 0.585. The number of hydrogen-bond acceptors (Lipinski definition) is 5. The maximum absolute atomic E-state index is 12.2. The first-order chi connectivity index (χ1) is 13.3. The fourth-order valence-corrected chi connectivity index (χ4v) is 2.83. The van der Waals surface area contributed by atoms with Gasteiger partial charge in [-0.05, 0) is 29.8 Å². The van der Waals surface area contributed by atoms with Gasteiger partial charge >= 0.3 is 5.97 Å². The summed E-state index contributed by atoms with van der Waals surface area (Å²) in [5, 5.41) is 1.17. The summed E-state index contributed by atoms with van der Waals surface area (Å²) in [7, 11) is 1.56. The Kier molecular flexibility index (Phi) is 6.02. The lowest BCUT2D eigenvalue weighted by Gasteiger charge is -2.17. The molecule has 0 N–H and O–H groups in total. The number of carbonyl (C=O) groups is 2. The van der Waals surface area contributed by atoms with E-state index < -0.39 is 18.5 Å². The fraction of sp³-hybridized carbons (Fsp3) is 0.150. The van der Waals surface area contributed by atoms with Crippen molar-refractivity contribution in [3.05, 3.63) is 80.1 Å². The molecule has 1 aromatic heterocycles. The molecule has 0 aliphatic heterocycles. The number of ether oxygens (including phenoxy) is 1. The highest BCUT2D eigenvalue weighted by Crippen LogP contribution is 2.23. The Bertz CT molecular complexity index is 1110. The molecular formula is C20H15Cl2NO5. The van der Waals surface area contributed by atoms with E-state index in [1.165, 1.54) is 4.90 Å². The molecule has 1 heterocycles. The van der Waals surface area contributed by atoms with Crippen LogP contribution in [-0.4, -0.2) is 30.4 Å². The van der Waals surface area contributed by atoms with Crippen molar-refractivity contribution in [2.75, 3.05) is 13.7 Å². The number of fused-ring (bicyclic) bond motifs is 1. The number of amides is 1. The number of esters is 1. The van der Waals surface area contributed by atoms with Crippen LogP contribution < -0.4 is 5.43 Å². The minimum absolute atomic E-state index is 0.261. The lowest BCUT2D eigenvalue weighted by Crippen LogP contribution is -2.31. The number of nitrogens with zero attached hydrogens (tertiary/aromatic N) is 1. The first-order valence-electron chi connectivity index (χ1n) is 8.23. The average Bonchev–Trinajstić information content (AvgIpc) is 2.68. The molecule has 0 atom stereocenters. The Morgan fingerprint density at radius 1 is 1.07 bits per heavy atom. The standard InChI is InChI=1S/C20H15Cl2NO5/c1-23(10-12-6-7-14(21)15(22)8-12)19(25)11-27-20(26)18-9-16(24)13-4-2-3-5-17(13)28-18/h2-9H,10-11H2,1H3. The highest BCUT2D eigenvalue weighted by atomic mass is 35.5. The normalized spacial score (nSPS) is 10.7. The topological polar surface area (TPSA) is 76.8 Å². The number of halogens is 2. The molecule has 0 saturated heterocycles. The predicted octanol–water partition coefficient (Wildman–Crippen LogP) is 3.92. The van der Waals surface area contributed by atoms with E-state index in [1.807, 2.05) is 0 Å². The predicted molar refractivity (Wildman–Crippen MR) is 106 cm³/mol. The van der Waals surface area contributed by atoms with Crippen LogP contribution in [0.25, 0.3) is 11.0 Å². The Balaban J connectivity index is 1.62. The van der Waals surface area contributed by atoms with Gasteiger partial charge in [-0.2, -0.15) is 0 Å². The summed E-state index contributed by atoms with van der Waals surface area (Å²) < 4.78 is 10.4. The van der Waals surface area contributed by atoms with Gasteiger partial charge in [-0.15, -0.1) is 0 Å². The Hall–Kier alpha value is -2.83. The summed E-state index contributed by atoms with van der Waals surface area (Å²) in [4.78, 5) is 37.8. The van der Waals surface area contributed by atoms with Gasteiger partial charge in [-0.3, -0.25) is 9.59 Å². The van der Waals surface area contributed by atoms with Crippen molar-refractivity contribution in [1.82, 2.24) is 4.90 Å². The van der Waals surface area contributed by atoms with Gasteiger partial charge < -0.3 is 14.1 Å². The second-order valence-corrected chi connectivity index (χ2v) is 6.86. The van der Waals surface area contributed by atoms with Crippen molar-refractivity contribution in [3.63, 3.8) is 0 Å². The zero-order chi connectivity index (χ0) is 20.3. The summed E-state index contributed by atoms with van der Waals surface area (Å²) >= 11 is 11.8. The molecule has 0 fully saturated rings. The molecule has 1 amide bonds. The van der Waals surface area contributed by atoms with Crippen LogP contribution in [0.5, 0.6) is 0 Å². The van der Waals surface area contributed by atoms with Crippen LogP contribution in [0.3, 0.4) is 0 Å². The number of para-hydroxylation sites is 1. The Morgan fingerprint density at radius 2 is 1.82 bits per heavy atom. The molecule has 6 nitrogen and oxygen atoms in total. The summed E-state index contributed by atoms with van der Waals surface area (Å²) in [6.07, 6.45) is 0. The minimum atomic E-state index is -0.890. The summed E-state index contributed by atoms with van der Waals surface area (Å²) in [5.74, 6) is -1.58. The van der Waals surface area contributed by atoms with Gasteiger partial charge in [0.25, 0.3) is 5.91 Å². The highest BCUT2D eigenvalue weighted by molar-refractivity contribution is 6.42. The van der Waals surface area contributed by atoms with Crippen LogP contribution in [0.2, 0.25) is 10.0 Å². The summed E-state index contributed by atoms with van der Waals surface area (Å²) in [6.45, 7) is -0.231. The summed E-state index contributed by atoms with van der Waals surface area (Å²) in [6, 6.07) is 12.6. The molecule has 0 aliphatic carbocycles. The summed E-state index contributed by atoms with van der Waals surface area (Å²) in [5.41, 5.74) is 0.680. The molecule has 144 valence electrons. The number of benzene rings is 2. The third kappa shape index (κ3) is 4.52. The zero-order valence-corrected chi connectivity index (χ0v) is 16.3. The number of hydrogen-bond donors (Lipinski definition) is 0. The van der Waals surface area contributed by atoms with Gasteiger partial charge in [0.15, 0.2) is 12.0 Å². The molecule has 0 saturated carbocycles. The molecule has 0 spiro atoms. The van der Waals surface area contributed by atoms with E-state index >= 15 is 0 Å². The average molecular weight is 420 g/mol. The van der Waals surface area contributed by atoms with Gasteiger partial charge in [-0.1, -0.05) is 41.4 Å². The van der Waals surface area contributed by atoms with E-state index in [2.05, 4.69) is 0 Å². The number of likely N-dealkylation sites (N-methyl/N-ethyl adjacent to an activating group) is 1. The van der Waals surface area contributed by atoms with E-state index in [-0.39, 0.29) is 23.3 Å². The highest BCUT2D eigenvalue weighted by Gasteiger charge is 2.17. The number of rotatable bonds is 5. The molecular weight excluding hydrogens is 405 g/mol. The molecule has 2 aromatic carbocycles. The molecule has 8 heteroatoms. The maximum Gasteiger partial charge on any atom is 0.374 e. The van der Waals surface area contributed by atoms with Gasteiger partial charge in [-0.25, -0.2) is 4.79 Å². The minimum Gasteiger partial charge on any atom is -0.450 e. The second kappa shape index (κ2) is 8.46. The lowest BCUT2D eigenvalue weighted by atomic mass is 10.2. The first kappa shape index (κ1) is 19.9. The largest absolute Gasteiger partial charge is 0.450 e. The van der Waals surface area contributed by atoms with Crippen molar-refractivity contribution in [2.24, 2.45) is 0 Å². The van der Waals surface area contributed by atoms with E-state index in [0.717, 1.165) is 11.6 Å². The van der Waals surface area contributed by atoms with Crippen molar-refractivity contribution in [3.8, 4) is 0 Å².